The van der Waals surface area contributed by atoms with E-state index in [0.29, 0.717) is 4.90 Å². The van der Waals surface area contributed by atoms with E-state index in [0.717, 1.165) is 6.07 Å². The molecule has 2 nitrogen and oxygen atoms in total. The molecular formula is C14H12F3NOS. The predicted molar refractivity (Wildman–Crippen MR) is 72.3 cm³/mol. The van der Waals surface area contributed by atoms with Crippen LogP contribution in [0.2, 0.25) is 0 Å². The third-order valence-electron chi connectivity index (χ3n) is 2.66. The van der Waals surface area contributed by atoms with E-state index in [1.807, 2.05) is 0 Å². The van der Waals surface area contributed by atoms with E-state index in [4.69, 9.17) is 0 Å². The summed E-state index contributed by atoms with van der Waals surface area (Å²) in [6.45, 7) is 0. The second-order valence-corrected chi connectivity index (χ2v) is 6.48. The number of rotatable bonds is 2. The van der Waals surface area contributed by atoms with Gasteiger partial charge < -0.3 is 0 Å². The molecule has 0 amide bonds. The lowest BCUT2D eigenvalue weighted by molar-refractivity contribution is -0.137. The highest BCUT2D eigenvalue weighted by Crippen LogP contribution is 2.37. The fourth-order valence-corrected chi connectivity index (χ4v) is 3.01. The summed E-state index contributed by atoms with van der Waals surface area (Å²) in [5.74, 6) is 0. The molecule has 0 saturated heterocycles. The quantitative estimate of drug-likeness (QED) is 0.803. The molecule has 2 rings (SSSR count). The molecule has 6 heteroatoms. The van der Waals surface area contributed by atoms with Crippen molar-refractivity contribution < 1.29 is 17.4 Å². The van der Waals surface area contributed by atoms with Gasteiger partial charge in [0.2, 0.25) is 0 Å². The van der Waals surface area contributed by atoms with Crippen LogP contribution >= 0.6 is 0 Å². The Labute approximate surface area is 115 Å². The molecule has 2 aromatic carbocycles. The lowest BCUT2D eigenvalue weighted by Crippen LogP contribution is -2.06. The summed E-state index contributed by atoms with van der Waals surface area (Å²) >= 11 is 0. The minimum absolute atomic E-state index is 0.309. The van der Waals surface area contributed by atoms with Gasteiger partial charge in [-0.3, -0.25) is 0 Å². The first-order chi connectivity index (χ1) is 9.31. The van der Waals surface area contributed by atoms with Gasteiger partial charge in [-0.15, -0.1) is 0 Å². The molecule has 0 spiro atoms. The Morgan fingerprint density at radius 3 is 2.10 bits per heavy atom. The molecule has 0 fully saturated rings. The Morgan fingerprint density at radius 1 is 0.950 bits per heavy atom. The Balaban J connectivity index is 2.60. The monoisotopic (exact) mass is 299 g/mol. The number of nitrogens with zero attached hydrogens (tertiary/aromatic N) is 1. The van der Waals surface area contributed by atoms with Gasteiger partial charge in [-0.1, -0.05) is 30.3 Å². The van der Waals surface area contributed by atoms with Gasteiger partial charge in [-0.05, 0) is 24.3 Å². The van der Waals surface area contributed by atoms with Crippen molar-refractivity contribution >= 4 is 15.4 Å². The first-order valence-corrected chi connectivity index (χ1v) is 7.66. The van der Waals surface area contributed by atoms with E-state index in [9.17, 15) is 17.4 Å². The van der Waals surface area contributed by atoms with Crippen LogP contribution in [-0.2, 0) is 15.9 Å². The van der Waals surface area contributed by atoms with Crippen molar-refractivity contribution in [2.75, 3.05) is 6.26 Å². The van der Waals surface area contributed by atoms with E-state index >= 15 is 0 Å². The highest BCUT2D eigenvalue weighted by molar-refractivity contribution is 7.93. The van der Waals surface area contributed by atoms with Crippen LogP contribution in [0.15, 0.2) is 63.9 Å². The Bertz CT molecular complexity index is 717. The Kier molecular flexibility index (Phi) is 3.85. The van der Waals surface area contributed by atoms with Crippen molar-refractivity contribution in [2.24, 2.45) is 4.36 Å². The molecule has 0 bridgehead atoms. The van der Waals surface area contributed by atoms with Crippen molar-refractivity contribution in [1.82, 2.24) is 0 Å². The van der Waals surface area contributed by atoms with Gasteiger partial charge in [-0.25, -0.2) is 4.21 Å². The van der Waals surface area contributed by atoms with Gasteiger partial charge in [-0.2, -0.15) is 17.5 Å². The number of hydrogen-bond donors (Lipinski definition) is 0. The minimum atomic E-state index is -4.52. The highest BCUT2D eigenvalue weighted by Gasteiger charge is 2.33. The lowest BCUT2D eigenvalue weighted by Gasteiger charge is -2.11. The fourth-order valence-electron chi connectivity index (χ4n) is 1.71. The van der Waals surface area contributed by atoms with Gasteiger partial charge in [0.15, 0.2) is 0 Å². The van der Waals surface area contributed by atoms with Crippen molar-refractivity contribution in [3.63, 3.8) is 0 Å². The van der Waals surface area contributed by atoms with Crippen LogP contribution in [0.5, 0.6) is 0 Å². The Hall–Kier alpha value is -1.82. The number of hydrogen-bond acceptors (Lipinski definition) is 2. The second kappa shape index (κ2) is 5.28. The van der Waals surface area contributed by atoms with Crippen LogP contribution < -0.4 is 0 Å². The van der Waals surface area contributed by atoms with E-state index in [-0.39, 0.29) is 5.69 Å². The van der Waals surface area contributed by atoms with Crippen molar-refractivity contribution in [3.05, 3.63) is 60.2 Å². The van der Waals surface area contributed by atoms with E-state index < -0.39 is 21.5 Å². The van der Waals surface area contributed by atoms with Gasteiger partial charge in [0.25, 0.3) is 0 Å². The van der Waals surface area contributed by atoms with Crippen LogP contribution in [0.3, 0.4) is 0 Å². The molecule has 0 aliphatic heterocycles. The fraction of sp³-hybridized carbons (Fsp3) is 0.143. The van der Waals surface area contributed by atoms with Crippen LogP contribution in [0.25, 0.3) is 0 Å². The zero-order valence-corrected chi connectivity index (χ0v) is 11.4. The average molecular weight is 299 g/mol. The summed E-state index contributed by atoms with van der Waals surface area (Å²) in [7, 11) is -2.92. The molecule has 20 heavy (non-hydrogen) atoms. The maximum atomic E-state index is 12.9. The summed E-state index contributed by atoms with van der Waals surface area (Å²) in [6, 6.07) is 13.1. The smallest absolute Gasteiger partial charge is 0.245 e. The summed E-state index contributed by atoms with van der Waals surface area (Å²) in [5.41, 5.74) is -1.19. The molecule has 0 aliphatic rings. The molecule has 1 atom stereocenters. The maximum absolute atomic E-state index is 12.9. The number of alkyl halides is 3. The average Bonchev–Trinajstić information content (AvgIpc) is 2.39. The summed E-state index contributed by atoms with van der Waals surface area (Å²) in [4.78, 5) is 0.400. The van der Waals surface area contributed by atoms with Gasteiger partial charge in [0.05, 0.1) is 21.0 Å². The predicted octanol–water partition coefficient (Wildman–Crippen LogP) is 4.49. The molecule has 2 aromatic rings. The molecule has 106 valence electrons. The topological polar surface area (TPSA) is 29.4 Å². The third-order valence-corrected chi connectivity index (χ3v) is 4.35. The van der Waals surface area contributed by atoms with Crippen molar-refractivity contribution in [3.8, 4) is 0 Å². The van der Waals surface area contributed by atoms with Crippen molar-refractivity contribution in [2.45, 2.75) is 11.1 Å². The van der Waals surface area contributed by atoms with E-state index in [1.165, 1.54) is 24.5 Å². The van der Waals surface area contributed by atoms with Crippen LogP contribution in [0, 0.1) is 0 Å². The molecule has 0 aromatic heterocycles. The van der Waals surface area contributed by atoms with Crippen LogP contribution in [-0.4, -0.2) is 10.5 Å². The zero-order valence-electron chi connectivity index (χ0n) is 10.6. The summed E-state index contributed by atoms with van der Waals surface area (Å²) < 4.78 is 55.0. The lowest BCUT2D eigenvalue weighted by atomic mass is 10.2. The zero-order chi connectivity index (χ0) is 14.8. The molecule has 0 saturated carbocycles. The minimum Gasteiger partial charge on any atom is -0.245 e. The van der Waals surface area contributed by atoms with Crippen molar-refractivity contribution in [1.29, 1.82) is 0 Å². The molecular weight excluding hydrogens is 287 g/mol. The Morgan fingerprint density at radius 2 is 1.50 bits per heavy atom. The highest BCUT2D eigenvalue weighted by atomic mass is 32.2. The molecule has 0 N–H and O–H groups in total. The molecule has 0 radical (unpaired) electrons. The second-order valence-electron chi connectivity index (χ2n) is 4.22. The maximum Gasteiger partial charge on any atom is 0.418 e. The van der Waals surface area contributed by atoms with E-state index in [1.54, 1.807) is 30.3 Å². The number of benzene rings is 2. The van der Waals surface area contributed by atoms with Gasteiger partial charge in [0.1, 0.15) is 0 Å². The van der Waals surface area contributed by atoms with Crippen LogP contribution in [0.4, 0.5) is 18.9 Å². The summed E-state index contributed by atoms with van der Waals surface area (Å²) in [6.07, 6.45) is -3.19. The third kappa shape index (κ3) is 3.19. The SMILES string of the molecule is CS(=O)(=Nc1ccccc1C(F)(F)F)c1ccccc1. The summed E-state index contributed by atoms with van der Waals surface area (Å²) in [5, 5.41) is 0. The van der Waals surface area contributed by atoms with Crippen LogP contribution in [0.1, 0.15) is 5.56 Å². The van der Waals surface area contributed by atoms with Gasteiger partial charge in [0, 0.05) is 11.2 Å². The first-order valence-electron chi connectivity index (χ1n) is 5.74. The van der Waals surface area contributed by atoms with Gasteiger partial charge >= 0.3 is 6.18 Å². The normalized spacial score (nSPS) is 14.6. The largest absolute Gasteiger partial charge is 0.418 e. The number of halogens is 3. The first kappa shape index (κ1) is 14.6. The molecule has 0 heterocycles. The molecule has 1 unspecified atom stereocenters. The van der Waals surface area contributed by atoms with E-state index in [2.05, 4.69) is 4.36 Å². The molecule has 0 aliphatic carbocycles. The standard InChI is InChI=1S/C14H12F3NOS/c1-20(19,11-7-3-2-4-8-11)18-13-10-6-5-9-12(13)14(15,16)17/h2-10H,1H3.